The Bertz CT molecular complexity index is 643. The number of carbonyl (C=O) groups is 2. The molecule has 2 aliphatic heterocycles. The van der Waals surface area contributed by atoms with Gasteiger partial charge in [-0.1, -0.05) is 0 Å². The minimum Gasteiger partial charge on any atom is -0.469 e. The van der Waals surface area contributed by atoms with Gasteiger partial charge in [0, 0.05) is 58.0 Å². The highest BCUT2D eigenvalue weighted by atomic mass is 16.6. The minimum atomic E-state index is -0.438. The highest BCUT2D eigenvalue weighted by Crippen LogP contribution is 2.28. The van der Waals surface area contributed by atoms with Crippen molar-refractivity contribution in [3.05, 3.63) is 0 Å². The average molecular weight is 482 g/mol. The van der Waals surface area contributed by atoms with E-state index in [4.69, 9.17) is 14.2 Å². The predicted octanol–water partition coefficient (Wildman–Crippen LogP) is 3.53. The van der Waals surface area contributed by atoms with E-state index in [0.717, 1.165) is 71.6 Å². The summed E-state index contributed by atoms with van der Waals surface area (Å²) in [6, 6.07) is 0.907. The number of likely N-dealkylation sites (tertiary alicyclic amines) is 1. The van der Waals surface area contributed by atoms with Crippen molar-refractivity contribution in [2.24, 2.45) is 5.92 Å². The Morgan fingerprint density at radius 1 is 0.912 bits per heavy atom. The maximum absolute atomic E-state index is 12.2. The van der Waals surface area contributed by atoms with Gasteiger partial charge in [-0.15, -0.1) is 0 Å². The maximum atomic E-state index is 12.2. The molecule has 3 rings (SSSR count). The summed E-state index contributed by atoms with van der Waals surface area (Å²) in [5.74, 6) is 0.415. The van der Waals surface area contributed by atoms with Crippen LogP contribution in [0.5, 0.6) is 0 Å². The largest absolute Gasteiger partial charge is 0.469 e. The van der Waals surface area contributed by atoms with Crippen molar-refractivity contribution in [1.29, 1.82) is 0 Å². The van der Waals surface area contributed by atoms with Crippen molar-refractivity contribution in [3.8, 4) is 0 Å². The smallest absolute Gasteiger partial charge is 0.410 e. The van der Waals surface area contributed by atoms with Crippen LogP contribution in [0.2, 0.25) is 0 Å². The van der Waals surface area contributed by atoms with Gasteiger partial charge in [0.1, 0.15) is 5.60 Å². The lowest BCUT2D eigenvalue weighted by Crippen LogP contribution is -2.53. The van der Waals surface area contributed by atoms with Crippen LogP contribution in [-0.4, -0.2) is 104 Å². The number of methoxy groups -OCH3 is 1. The molecule has 8 heteroatoms. The quantitative estimate of drug-likeness (QED) is 0.515. The van der Waals surface area contributed by atoms with Gasteiger partial charge < -0.3 is 19.1 Å². The molecule has 0 radical (unpaired) electrons. The Morgan fingerprint density at radius 2 is 1.53 bits per heavy atom. The van der Waals surface area contributed by atoms with Gasteiger partial charge in [0.05, 0.1) is 19.6 Å². The Kier molecular flexibility index (Phi) is 10.0. The summed E-state index contributed by atoms with van der Waals surface area (Å²) in [6.07, 6.45) is 7.34. The lowest BCUT2D eigenvalue weighted by Gasteiger charge is -2.43. The Morgan fingerprint density at radius 3 is 2.09 bits per heavy atom. The average Bonchev–Trinajstić information content (AvgIpc) is 2.82. The van der Waals surface area contributed by atoms with Gasteiger partial charge >= 0.3 is 12.1 Å². The van der Waals surface area contributed by atoms with E-state index in [-0.39, 0.29) is 18.1 Å². The molecule has 1 amide bonds. The van der Waals surface area contributed by atoms with Crippen LogP contribution >= 0.6 is 0 Å². The molecule has 34 heavy (non-hydrogen) atoms. The van der Waals surface area contributed by atoms with E-state index in [2.05, 4.69) is 16.7 Å². The van der Waals surface area contributed by atoms with Gasteiger partial charge in [-0.25, -0.2) is 4.79 Å². The van der Waals surface area contributed by atoms with E-state index in [0.29, 0.717) is 24.5 Å². The first-order valence-electron chi connectivity index (χ1n) is 13.3. The molecule has 3 aliphatic rings. The van der Waals surface area contributed by atoms with Gasteiger partial charge in [-0.2, -0.15) is 0 Å². The van der Waals surface area contributed by atoms with Crippen LogP contribution < -0.4 is 0 Å². The Balaban J connectivity index is 1.28. The van der Waals surface area contributed by atoms with Crippen molar-refractivity contribution >= 4 is 12.1 Å². The fourth-order valence-electron chi connectivity index (χ4n) is 5.45. The zero-order valence-corrected chi connectivity index (χ0v) is 22.1. The molecule has 0 aromatic carbocycles. The molecule has 1 unspecified atom stereocenters. The number of nitrogens with zero attached hydrogens (tertiary/aromatic N) is 3. The molecular formula is C26H47N3O5. The summed E-state index contributed by atoms with van der Waals surface area (Å²) in [7, 11) is 1.46. The van der Waals surface area contributed by atoms with E-state index >= 15 is 0 Å². The van der Waals surface area contributed by atoms with Crippen LogP contribution in [0.25, 0.3) is 0 Å². The number of esters is 1. The van der Waals surface area contributed by atoms with Crippen molar-refractivity contribution in [2.75, 3.05) is 53.0 Å². The van der Waals surface area contributed by atoms with E-state index in [1.807, 2.05) is 25.7 Å². The highest BCUT2D eigenvalue weighted by molar-refractivity contribution is 5.69. The second-order valence-corrected chi connectivity index (χ2v) is 11.4. The molecule has 2 heterocycles. The summed E-state index contributed by atoms with van der Waals surface area (Å²) >= 11 is 0. The molecule has 1 aliphatic carbocycles. The molecule has 0 bridgehead atoms. The van der Waals surface area contributed by atoms with Crippen LogP contribution in [0.4, 0.5) is 4.79 Å². The summed E-state index contributed by atoms with van der Waals surface area (Å²) in [4.78, 5) is 30.7. The first-order valence-corrected chi connectivity index (χ1v) is 13.3. The van der Waals surface area contributed by atoms with Gasteiger partial charge in [0.25, 0.3) is 0 Å². The lowest BCUT2D eigenvalue weighted by atomic mass is 9.91. The fourth-order valence-corrected chi connectivity index (χ4v) is 5.45. The Hall–Kier alpha value is -1.38. The SMILES string of the molecule is COC(=O)CC(C)N1CCN(C2CCC(OCC3CCN(C(=O)OC(C)(C)C)CC3)CC2)CC1. The van der Waals surface area contributed by atoms with Crippen LogP contribution in [0.15, 0.2) is 0 Å². The van der Waals surface area contributed by atoms with Crippen molar-refractivity contribution in [3.63, 3.8) is 0 Å². The van der Waals surface area contributed by atoms with Crippen LogP contribution in [0.1, 0.15) is 72.6 Å². The number of piperazine rings is 1. The van der Waals surface area contributed by atoms with Gasteiger partial charge in [-0.3, -0.25) is 14.6 Å². The van der Waals surface area contributed by atoms with Crippen molar-refractivity contribution in [1.82, 2.24) is 14.7 Å². The maximum Gasteiger partial charge on any atom is 0.410 e. The van der Waals surface area contributed by atoms with Crippen LogP contribution in [-0.2, 0) is 19.0 Å². The molecule has 0 N–H and O–H groups in total. The normalized spacial score (nSPS) is 26.8. The van der Waals surface area contributed by atoms with E-state index in [1.54, 1.807) is 0 Å². The number of amides is 1. The van der Waals surface area contributed by atoms with E-state index in [1.165, 1.54) is 20.0 Å². The second-order valence-electron chi connectivity index (χ2n) is 11.4. The van der Waals surface area contributed by atoms with Gasteiger partial charge in [-0.05, 0) is 72.1 Å². The fraction of sp³-hybridized carbons (Fsp3) is 0.923. The Labute approximate surface area is 206 Å². The zero-order chi connectivity index (χ0) is 24.7. The summed E-state index contributed by atoms with van der Waals surface area (Å²) in [5, 5.41) is 0. The molecule has 8 nitrogen and oxygen atoms in total. The highest BCUT2D eigenvalue weighted by Gasteiger charge is 2.31. The van der Waals surface area contributed by atoms with Crippen LogP contribution in [0, 0.1) is 5.92 Å². The molecule has 0 aromatic rings. The molecule has 2 saturated heterocycles. The van der Waals surface area contributed by atoms with Gasteiger partial charge in [0.2, 0.25) is 0 Å². The monoisotopic (exact) mass is 481 g/mol. The minimum absolute atomic E-state index is 0.123. The molecule has 0 spiro atoms. The first-order chi connectivity index (χ1) is 16.1. The predicted molar refractivity (Wildman–Crippen MR) is 132 cm³/mol. The topological polar surface area (TPSA) is 71.6 Å². The summed E-state index contributed by atoms with van der Waals surface area (Å²) in [5.41, 5.74) is -0.438. The van der Waals surface area contributed by atoms with E-state index < -0.39 is 5.60 Å². The third-order valence-corrected chi connectivity index (χ3v) is 7.66. The number of hydrogen-bond acceptors (Lipinski definition) is 7. The number of piperidine rings is 1. The molecule has 196 valence electrons. The molecule has 3 fully saturated rings. The molecule has 1 saturated carbocycles. The van der Waals surface area contributed by atoms with Crippen LogP contribution in [0.3, 0.4) is 0 Å². The molecule has 1 atom stereocenters. The molecular weight excluding hydrogens is 434 g/mol. The van der Waals surface area contributed by atoms with Gasteiger partial charge in [0.15, 0.2) is 0 Å². The number of carbonyl (C=O) groups excluding carboxylic acids is 2. The second kappa shape index (κ2) is 12.5. The zero-order valence-electron chi connectivity index (χ0n) is 22.1. The van der Waals surface area contributed by atoms with Crippen molar-refractivity contribution in [2.45, 2.75) is 96.4 Å². The third kappa shape index (κ3) is 8.38. The standard InChI is InChI=1S/C26H47N3O5/c1-20(18-24(30)32-5)27-14-16-28(17-15-27)22-6-8-23(9-7-22)33-19-21-10-12-29(13-11-21)25(31)34-26(2,3)4/h20-23H,6-19H2,1-5H3. The summed E-state index contributed by atoms with van der Waals surface area (Å²) < 4.78 is 16.6. The number of hydrogen-bond donors (Lipinski definition) is 0. The number of rotatable bonds is 7. The van der Waals surface area contributed by atoms with E-state index in [9.17, 15) is 9.59 Å². The molecule has 0 aromatic heterocycles. The lowest BCUT2D eigenvalue weighted by molar-refractivity contribution is -0.142. The third-order valence-electron chi connectivity index (χ3n) is 7.66. The number of ether oxygens (including phenoxy) is 3. The summed E-state index contributed by atoms with van der Waals surface area (Å²) in [6.45, 7) is 14.4. The first kappa shape index (κ1) is 27.2. The van der Waals surface area contributed by atoms with Crippen molar-refractivity contribution < 1.29 is 23.8 Å².